The number of carbonyl (C=O) groups is 2. The zero-order valence-electron chi connectivity index (χ0n) is 9.90. The highest BCUT2D eigenvalue weighted by Gasteiger charge is 2.22. The van der Waals surface area contributed by atoms with Crippen molar-refractivity contribution < 1.29 is 14.3 Å². The average Bonchev–Trinajstić information content (AvgIpc) is 2.40. The van der Waals surface area contributed by atoms with Crippen molar-refractivity contribution in [1.82, 2.24) is 10.7 Å². The molecule has 0 unspecified atom stereocenters. The van der Waals surface area contributed by atoms with Crippen molar-refractivity contribution in [3.8, 4) is 5.75 Å². The molecule has 0 radical (unpaired) electrons. The molecule has 18 heavy (non-hydrogen) atoms. The highest BCUT2D eigenvalue weighted by Crippen LogP contribution is 2.31. The molecule has 0 atom stereocenters. The summed E-state index contributed by atoms with van der Waals surface area (Å²) in [6.07, 6.45) is 0. The van der Waals surface area contributed by atoms with E-state index in [4.69, 9.17) is 10.6 Å². The van der Waals surface area contributed by atoms with Crippen LogP contribution in [0.1, 0.15) is 5.56 Å². The van der Waals surface area contributed by atoms with E-state index in [1.807, 2.05) is 11.5 Å². The molecule has 0 saturated heterocycles. The molecule has 1 aromatic rings. The van der Waals surface area contributed by atoms with Crippen molar-refractivity contribution in [1.29, 1.82) is 0 Å². The predicted octanol–water partition coefficient (Wildman–Crippen LogP) is -0.285. The fraction of sp³-hybridized carbons (Fsp3) is 0.273. The van der Waals surface area contributed by atoms with E-state index < -0.39 is 6.03 Å². The second-order valence-corrected chi connectivity index (χ2v) is 3.87. The number of nitrogens with zero attached hydrogens (tertiary/aromatic N) is 1. The SMILES string of the molecule is CN1C(=O)COc2ccc(CNC(=O)NN)cc21. The number of amides is 3. The Bertz CT molecular complexity index is 489. The molecule has 7 heteroatoms. The molecule has 0 fully saturated rings. The van der Waals surface area contributed by atoms with Crippen LogP contribution in [0, 0.1) is 0 Å². The van der Waals surface area contributed by atoms with Crippen LogP contribution in [0.25, 0.3) is 0 Å². The number of nitrogens with two attached hydrogens (primary N) is 1. The lowest BCUT2D eigenvalue weighted by Crippen LogP contribution is -2.39. The van der Waals surface area contributed by atoms with E-state index >= 15 is 0 Å². The highest BCUT2D eigenvalue weighted by molar-refractivity contribution is 5.97. The molecule has 0 spiro atoms. The molecule has 1 heterocycles. The molecule has 4 N–H and O–H groups in total. The van der Waals surface area contributed by atoms with Crippen LogP contribution in [-0.4, -0.2) is 25.6 Å². The lowest BCUT2D eigenvalue weighted by atomic mass is 10.1. The average molecular weight is 250 g/mol. The van der Waals surface area contributed by atoms with Gasteiger partial charge in [-0.3, -0.25) is 10.2 Å². The van der Waals surface area contributed by atoms with E-state index in [1.54, 1.807) is 19.2 Å². The highest BCUT2D eigenvalue weighted by atomic mass is 16.5. The van der Waals surface area contributed by atoms with Crippen molar-refractivity contribution in [3.63, 3.8) is 0 Å². The smallest absolute Gasteiger partial charge is 0.329 e. The normalized spacial score (nSPS) is 13.7. The summed E-state index contributed by atoms with van der Waals surface area (Å²) in [6, 6.07) is 4.92. The first-order valence-electron chi connectivity index (χ1n) is 5.38. The molecule has 1 aliphatic heterocycles. The molecule has 1 aliphatic rings. The Labute approximate surface area is 104 Å². The molecule has 2 rings (SSSR count). The number of benzene rings is 1. The van der Waals surface area contributed by atoms with E-state index in [2.05, 4.69) is 5.32 Å². The maximum Gasteiger partial charge on any atom is 0.329 e. The predicted molar refractivity (Wildman–Crippen MR) is 64.9 cm³/mol. The van der Waals surface area contributed by atoms with Gasteiger partial charge in [0.2, 0.25) is 0 Å². The Morgan fingerprint density at radius 1 is 1.56 bits per heavy atom. The van der Waals surface area contributed by atoms with Gasteiger partial charge in [0, 0.05) is 13.6 Å². The monoisotopic (exact) mass is 250 g/mol. The fourth-order valence-corrected chi connectivity index (χ4v) is 1.66. The molecular formula is C11H14N4O3. The summed E-state index contributed by atoms with van der Waals surface area (Å²) in [5, 5.41) is 2.56. The lowest BCUT2D eigenvalue weighted by molar-refractivity contribution is -0.120. The van der Waals surface area contributed by atoms with Gasteiger partial charge in [-0.15, -0.1) is 0 Å². The maximum absolute atomic E-state index is 11.5. The van der Waals surface area contributed by atoms with Crippen molar-refractivity contribution >= 4 is 17.6 Å². The third-order valence-electron chi connectivity index (χ3n) is 2.69. The van der Waals surface area contributed by atoms with Gasteiger partial charge in [0.1, 0.15) is 5.75 Å². The van der Waals surface area contributed by atoms with Crippen LogP contribution in [0.5, 0.6) is 5.75 Å². The topological polar surface area (TPSA) is 96.7 Å². The lowest BCUT2D eigenvalue weighted by Gasteiger charge is -2.26. The van der Waals surface area contributed by atoms with Gasteiger partial charge in [-0.2, -0.15) is 0 Å². The van der Waals surface area contributed by atoms with E-state index in [0.29, 0.717) is 18.0 Å². The molecule has 0 aliphatic carbocycles. The van der Waals surface area contributed by atoms with Gasteiger partial charge in [0.25, 0.3) is 5.91 Å². The number of rotatable bonds is 2. The van der Waals surface area contributed by atoms with Crippen molar-refractivity contribution in [3.05, 3.63) is 23.8 Å². The Kier molecular flexibility index (Phi) is 3.33. The van der Waals surface area contributed by atoms with Crippen LogP contribution in [0.2, 0.25) is 0 Å². The zero-order valence-corrected chi connectivity index (χ0v) is 9.90. The van der Waals surface area contributed by atoms with Crippen LogP contribution >= 0.6 is 0 Å². The standard InChI is InChI=1S/C11H14N4O3/c1-15-8-4-7(5-13-11(17)14-12)2-3-9(8)18-6-10(15)16/h2-4H,5-6,12H2,1H3,(H2,13,14,17). The Morgan fingerprint density at radius 3 is 3.06 bits per heavy atom. The number of fused-ring (bicyclic) bond motifs is 1. The second-order valence-electron chi connectivity index (χ2n) is 3.87. The molecular weight excluding hydrogens is 236 g/mol. The number of anilines is 1. The van der Waals surface area contributed by atoms with Crippen LogP contribution in [0.4, 0.5) is 10.5 Å². The zero-order chi connectivity index (χ0) is 13.1. The first-order chi connectivity index (χ1) is 8.61. The molecule has 1 aromatic carbocycles. The minimum absolute atomic E-state index is 0.0523. The van der Waals surface area contributed by atoms with Crippen LogP contribution < -0.4 is 26.2 Å². The number of likely N-dealkylation sites (N-methyl/N-ethyl adjacent to an activating group) is 1. The molecule has 0 aromatic heterocycles. The molecule has 3 amide bonds. The van der Waals surface area contributed by atoms with Crippen molar-refractivity contribution in [2.24, 2.45) is 5.84 Å². The van der Waals surface area contributed by atoms with E-state index in [1.165, 1.54) is 4.90 Å². The van der Waals surface area contributed by atoms with E-state index in [-0.39, 0.29) is 12.5 Å². The Balaban J connectivity index is 2.16. The number of urea groups is 1. The maximum atomic E-state index is 11.5. The quantitative estimate of drug-likeness (QED) is 0.382. The molecule has 0 saturated carbocycles. The third kappa shape index (κ3) is 2.35. The van der Waals surface area contributed by atoms with Gasteiger partial charge < -0.3 is 15.0 Å². The van der Waals surface area contributed by atoms with E-state index in [9.17, 15) is 9.59 Å². The third-order valence-corrected chi connectivity index (χ3v) is 2.69. The first-order valence-corrected chi connectivity index (χ1v) is 5.38. The van der Waals surface area contributed by atoms with Crippen molar-refractivity contribution in [2.75, 3.05) is 18.6 Å². The summed E-state index contributed by atoms with van der Waals surface area (Å²) in [4.78, 5) is 24.0. The molecule has 0 bridgehead atoms. The van der Waals surface area contributed by atoms with Crippen LogP contribution in [0.15, 0.2) is 18.2 Å². The summed E-state index contributed by atoms with van der Waals surface area (Å²) in [6.45, 7) is 0.370. The second kappa shape index (κ2) is 4.92. The van der Waals surface area contributed by atoms with Gasteiger partial charge in [-0.25, -0.2) is 10.6 Å². The summed E-state index contributed by atoms with van der Waals surface area (Å²) < 4.78 is 5.30. The summed E-state index contributed by atoms with van der Waals surface area (Å²) in [7, 11) is 1.69. The number of nitrogens with one attached hydrogen (secondary N) is 2. The largest absolute Gasteiger partial charge is 0.482 e. The summed E-state index contributed by atoms with van der Waals surface area (Å²) in [5.41, 5.74) is 3.52. The minimum Gasteiger partial charge on any atom is -0.482 e. The summed E-state index contributed by atoms with van der Waals surface area (Å²) in [5.74, 6) is 5.50. The number of ether oxygens (including phenoxy) is 1. The van der Waals surface area contributed by atoms with Crippen molar-refractivity contribution in [2.45, 2.75) is 6.54 Å². The Hall–Kier alpha value is -2.28. The van der Waals surface area contributed by atoms with Gasteiger partial charge >= 0.3 is 6.03 Å². The van der Waals surface area contributed by atoms with Gasteiger partial charge in [-0.1, -0.05) is 6.07 Å². The Morgan fingerprint density at radius 2 is 2.33 bits per heavy atom. The number of carbonyl (C=O) groups excluding carboxylic acids is 2. The van der Waals surface area contributed by atoms with Crippen LogP contribution in [-0.2, 0) is 11.3 Å². The van der Waals surface area contributed by atoms with Gasteiger partial charge in [0.15, 0.2) is 6.61 Å². The fourth-order valence-electron chi connectivity index (χ4n) is 1.66. The number of hydrogen-bond acceptors (Lipinski definition) is 4. The van der Waals surface area contributed by atoms with Crippen LogP contribution in [0.3, 0.4) is 0 Å². The summed E-state index contributed by atoms with van der Waals surface area (Å²) >= 11 is 0. The van der Waals surface area contributed by atoms with Gasteiger partial charge in [-0.05, 0) is 17.7 Å². The molecule has 96 valence electrons. The molecule has 7 nitrogen and oxygen atoms in total. The first kappa shape index (κ1) is 12.2. The number of hydrogen-bond donors (Lipinski definition) is 3. The van der Waals surface area contributed by atoms with E-state index in [0.717, 1.165) is 5.56 Å². The minimum atomic E-state index is -0.464. The van der Waals surface area contributed by atoms with Gasteiger partial charge in [0.05, 0.1) is 5.69 Å². The number of hydrazine groups is 1.